The lowest BCUT2D eigenvalue weighted by atomic mass is 9.99. The van der Waals surface area contributed by atoms with Gasteiger partial charge in [-0.1, -0.05) is 48.0 Å². The van der Waals surface area contributed by atoms with E-state index in [1.165, 1.54) is 3.97 Å². The summed E-state index contributed by atoms with van der Waals surface area (Å²) < 4.78 is 29.1. The number of hydrogen-bond acceptors (Lipinski definition) is 3. The number of benzene rings is 2. The zero-order valence-electron chi connectivity index (χ0n) is 16.5. The molecule has 2 heterocycles. The van der Waals surface area contributed by atoms with Gasteiger partial charge in [-0.05, 0) is 37.6 Å². The maximum Gasteiger partial charge on any atom is 0.268 e. The second kappa shape index (κ2) is 7.41. The van der Waals surface area contributed by atoms with E-state index in [0.717, 1.165) is 22.2 Å². The Balaban J connectivity index is 2.05. The van der Waals surface area contributed by atoms with Gasteiger partial charge in [0.25, 0.3) is 10.0 Å². The second-order valence-electron chi connectivity index (χ2n) is 7.24. The Morgan fingerprint density at radius 1 is 1.03 bits per heavy atom. The van der Waals surface area contributed by atoms with E-state index >= 15 is 0 Å². The lowest BCUT2D eigenvalue weighted by Gasteiger charge is -2.33. The second-order valence-corrected chi connectivity index (χ2v) is 9.03. The van der Waals surface area contributed by atoms with Gasteiger partial charge in [0.2, 0.25) is 0 Å². The fourth-order valence-electron chi connectivity index (χ4n) is 3.99. The Morgan fingerprint density at radius 2 is 1.76 bits per heavy atom. The van der Waals surface area contributed by atoms with Crippen molar-refractivity contribution in [1.82, 2.24) is 8.87 Å². The third-order valence-corrected chi connectivity index (χ3v) is 7.09. The molecule has 4 rings (SSSR count). The quantitative estimate of drug-likeness (QED) is 0.525. The molecule has 1 unspecified atom stereocenters. The number of rotatable bonds is 6. The number of nitrogens with zero attached hydrogens (tertiary/aromatic N) is 2. The van der Waals surface area contributed by atoms with Gasteiger partial charge in [0.05, 0.1) is 22.1 Å². The molecule has 148 valence electrons. The van der Waals surface area contributed by atoms with Crippen LogP contribution >= 0.6 is 0 Å². The molecule has 1 aliphatic heterocycles. The van der Waals surface area contributed by atoms with Crippen molar-refractivity contribution >= 4 is 27.0 Å². The highest BCUT2D eigenvalue weighted by Gasteiger charge is 2.33. The number of fused-ring (bicyclic) bond motifs is 3. The fraction of sp³-hybridized carbons (Fsp3) is 0.167. The summed E-state index contributed by atoms with van der Waals surface area (Å²) in [4.78, 5) is 2.39. The van der Waals surface area contributed by atoms with Crippen molar-refractivity contribution in [2.75, 3.05) is 6.54 Å². The van der Waals surface area contributed by atoms with E-state index in [2.05, 4.69) is 18.1 Å². The molecule has 1 atom stereocenters. The lowest BCUT2D eigenvalue weighted by Crippen LogP contribution is -2.30. The van der Waals surface area contributed by atoms with Crippen molar-refractivity contribution in [3.63, 3.8) is 0 Å². The maximum absolute atomic E-state index is 13.8. The van der Waals surface area contributed by atoms with Crippen LogP contribution in [0.5, 0.6) is 0 Å². The zero-order chi connectivity index (χ0) is 20.6. The molecule has 0 bridgehead atoms. The molecule has 0 aliphatic carbocycles. The number of hydrogen-bond donors (Lipinski definition) is 0. The normalized spacial score (nSPS) is 16.0. The zero-order valence-corrected chi connectivity index (χ0v) is 17.3. The van der Waals surface area contributed by atoms with Gasteiger partial charge in [0.15, 0.2) is 0 Å². The Morgan fingerprint density at radius 3 is 2.45 bits per heavy atom. The van der Waals surface area contributed by atoms with E-state index in [1.54, 1.807) is 12.1 Å². The molecule has 1 aromatic heterocycles. The Kier molecular flexibility index (Phi) is 4.92. The molecular weight excluding hydrogens is 380 g/mol. The van der Waals surface area contributed by atoms with Crippen LogP contribution in [0.15, 0.2) is 84.9 Å². The van der Waals surface area contributed by atoms with Crippen LogP contribution < -0.4 is 0 Å². The van der Waals surface area contributed by atoms with Crippen LogP contribution in [0.4, 0.5) is 0 Å². The minimum atomic E-state index is -3.77. The molecule has 0 saturated carbocycles. The van der Waals surface area contributed by atoms with Gasteiger partial charge in [-0.25, -0.2) is 12.4 Å². The van der Waals surface area contributed by atoms with Gasteiger partial charge < -0.3 is 4.90 Å². The van der Waals surface area contributed by atoms with E-state index in [4.69, 9.17) is 0 Å². The minimum Gasteiger partial charge on any atom is -0.365 e. The van der Waals surface area contributed by atoms with Crippen molar-refractivity contribution in [2.45, 2.75) is 24.3 Å². The summed E-state index contributed by atoms with van der Waals surface area (Å²) in [5, 5.41) is 0.932. The first-order valence-corrected chi connectivity index (χ1v) is 11.0. The highest BCUT2D eigenvalue weighted by atomic mass is 32.2. The third kappa shape index (κ3) is 3.12. The number of aryl methyl sites for hydroxylation is 1. The molecule has 0 saturated heterocycles. The monoisotopic (exact) mass is 404 g/mol. The average molecular weight is 405 g/mol. The molecule has 0 N–H and O–H groups in total. The summed E-state index contributed by atoms with van der Waals surface area (Å²) in [7, 11) is -3.77. The van der Waals surface area contributed by atoms with Gasteiger partial charge in [-0.3, -0.25) is 0 Å². The third-order valence-electron chi connectivity index (χ3n) is 5.35. The summed E-state index contributed by atoms with van der Waals surface area (Å²) in [5.74, 6) is 0. The first-order chi connectivity index (χ1) is 14.0. The van der Waals surface area contributed by atoms with E-state index in [0.29, 0.717) is 18.5 Å². The Bertz CT molecular complexity index is 1220. The van der Waals surface area contributed by atoms with Crippen LogP contribution in [-0.4, -0.2) is 23.8 Å². The van der Waals surface area contributed by atoms with Gasteiger partial charge in [-0.2, -0.15) is 0 Å². The van der Waals surface area contributed by atoms with Crippen molar-refractivity contribution in [3.8, 4) is 0 Å². The smallest absolute Gasteiger partial charge is 0.268 e. The SMILES string of the molecule is C=CCC1c2c(c3ccccc3n2S(=O)(=O)c2ccc(C)cc2)C=CN1CC=C. The predicted molar refractivity (Wildman–Crippen MR) is 119 cm³/mol. The first-order valence-electron chi connectivity index (χ1n) is 9.60. The van der Waals surface area contributed by atoms with Crippen LogP contribution in [0.2, 0.25) is 0 Å². The van der Waals surface area contributed by atoms with E-state index < -0.39 is 10.0 Å². The molecule has 4 nitrogen and oxygen atoms in total. The Labute approximate surface area is 172 Å². The topological polar surface area (TPSA) is 42.3 Å². The first kappa shape index (κ1) is 19.3. The van der Waals surface area contributed by atoms with Gasteiger partial charge in [-0.15, -0.1) is 13.2 Å². The molecule has 0 fully saturated rings. The molecule has 0 spiro atoms. The lowest BCUT2D eigenvalue weighted by molar-refractivity contribution is 0.299. The maximum atomic E-state index is 13.8. The summed E-state index contributed by atoms with van der Waals surface area (Å²) in [5.41, 5.74) is 3.43. The summed E-state index contributed by atoms with van der Waals surface area (Å²) >= 11 is 0. The fourth-order valence-corrected chi connectivity index (χ4v) is 5.58. The van der Waals surface area contributed by atoms with Crippen molar-refractivity contribution in [1.29, 1.82) is 0 Å². The van der Waals surface area contributed by atoms with Gasteiger partial charge in [0.1, 0.15) is 0 Å². The molecule has 0 amide bonds. The molecular formula is C24H24N2O2S. The standard InChI is InChI=1S/C24H24N2O2S/c1-4-8-23-24-21(15-17-25(23)16-5-2)20-9-6-7-10-22(20)26(24)29(27,28)19-13-11-18(3)12-14-19/h4-7,9-15,17,23H,1-2,8,16H2,3H3. The number of aromatic nitrogens is 1. The summed E-state index contributed by atoms with van der Waals surface area (Å²) in [6.45, 7) is 10.3. The van der Waals surface area contributed by atoms with E-state index in [9.17, 15) is 8.42 Å². The highest BCUT2D eigenvalue weighted by molar-refractivity contribution is 7.90. The summed E-state index contributed by atoms with van der Waals surface area (Å²) in [6, 6.07) is 14.5. The van der Waals surface area contributed by atoms with Gasteiger partial charge >= 0.3 is 0 Å². The van der Waals surface area contributed by atoms with Crippen LogP contribution in [0.1, 0.15) is 29.3 Å². The molecule has 0 radical (unpaired) electrons. The molecule has 5 heteroatoms. The largest absolute Gasteiger partial charge is 0.365 e. The molecule has 1 aliphatic rings. The average Bonchev–Trinajstić information content (AvgIpc) is 3.06. The van der Waals surface area contributed by atoms with Crippen molar-refractivity contribution in [3.05, 3.63) is 96.9 Å². The number of para-hydroxylation sites is 1. The van der Waals surface area contributed by atoms with E-state index in [1.807, 2.05) is 67.7 Å². The molecule has 2 aromatic carbocycles. The predicted octanol–water partition coefficient (Wildman–Crippen LogP) is 5.28. The summed E-state index contributed by atoms with van der Waals surface area (Å²) in [6.07, 6.45) is 8.32. The van der Waals surface area contributed by atoms with Crippen LogP contribution in [0.25, 0.3) is 17.0 Å². The Hall–Kier alpha value is -3.05. The molecule has 29 heavy (non-hydrogen) atoms. The molecule has 3 aromatic rings. The minimum absolute atomic E-state index is 0.141. The van der Waals surface area contributed by atoms with Crippen molar-refractivity contribution < 1.29 is 8.42 Å². The van der Waals surface area contributed by atoms with Crippen molar-refractivity contribution in [2.24, 2.45) is 0 Å². The van der Waals surface area contributed by atoms with Gasteiger partial charge in [0, 0.05) is 23.7 Å². The van der Waals surface area contributed by atoms with E-state index in [-0.39, 0.29) is 10.9 Å². The highest BCUT2D eigenvalue weighted by Crippen LogP contribution is 2.41. The van der Waals surface area contributed by atoms with Crippen LogP contribution in [0.3, 0.4) is 0 Å². The van der Waals surface area contributed by atoms with Crippen LogP contribution in [-0.2, 0) is 10.0 Å². The van der Waals surface area contributed by atoms with Crippen LogP contribution in [0, 0.1) is 6.92 Å².